The predicted molar refractivity (Wildman–Crippen MR) is 142 cm³/mol. The third-order valence-corrected chi connectivity index (χ3v) is 7.86. The Bertz CT molecular complexity index is 1250. The van der Waals surface area contributed by atoms with Crippen LogP contribution in [0.25, 0.3) is 0 Å². The third-order valence-electron chi connectivity index (χ3n) is 6.07. The van der Waals surface area contributed by atoms with Gasteiger partial charge in [-0.3, -0.25) is 13.9 Å². The van der Waals surface area contributed by atoms with Crippen molar-refractivity contribution in [3.05, 3.63) is 96.1 Å². The first-order valence-electron chi connectivity index (χ1n) is 12.0. The monoisotopic (exact) mass is 507 g/mol. The zero-order chi connectivity index (χ0) is 26.1. The lowest BCUT2D eigenvalue weighted by Crippen LogP contribution is -2.51. The zero-order valence-electron chi connectivity index (χ0n) is 20.9. The van der Waals surface area contributed by atoms with E-state index in [4.69, 9.17) is 0 Å². The molecule has 0 unspecified atom stereocenters. The Morgan fingerprint density at radius 1 is 0.833 bits per heavy atom. The van der Waals surface area contributed by atoms with Crippen molar-refractivity contribution in [3.63, 3.8) is 0 Å². The summed E-state index contributed by atoms with van der Waals surface area (Å²) in [4.78, 5) is 28.0. The SMILES string of the molecule is CCc1ccc(N(CC(=O)N(Cc2ccccc2)[C@H](CC)C(=O)NC)S(=O)(=O)c2ccccc2)cc1. The second kappa shape index (κ2) is 12.4. The quantitative estimate of drug-likeness (QED) is 0.425. The standard InChI is InChI=1S/C28H33N3O4S/c1-4-22-16-18-24(19-17-22)31(36(34,35)25-14-10-7-11-15-25)21-27(32)30(26(5-2)28(33)29-3)20-23-12-8-6-9-13-23/h6-19,26H,4-5,20-21H2,1-3H3,(H,29,33)/t26-/m1/s1. The molecule has 190 valence electrons. The highest BCUT2D eigenvalue weighted by atomic mass is 32.2. The number of likely N-dealkylation sites (N-methyl/N-ethyl adjacent to an activating group) is 1. The number of rotatable bonds is 11. The summed E-state index contributed by atoms with van der Waals surface area (Å²) in [5.74, 6) is -0.764. The fourth-order valence-electron chi connectivity index (χ4n) is 4.01. The lowest BCUT2D eigenvalue weighted by Gasteiger charge is -2.33. The largest absolute Gasteiger partial charge is 0.357 e. The molecule has 0 bridgehead atoms. The Balaban J connectivity index is 2.04. The van der Waals surface area contributed by atoms with Gasteiger partial charge in [0.05, 0.1) is 10.6 Å². The molecule has 0 aliphatic rings. The number of aryl methyl sites for hydroxylation is 1. The average Bonchev–Trinajstić information content (AvgIpc) is 2.92. The van der Waals surface area contributed by atoms with Crippen LogP contribution in [0.15, 0.2) is 89.8 Å². The number of nitrogens with zero attached hydrogens (tertiary/aromatic N) is 2. The molecule has 3 rings (SSSR count). The second-order valence-corrected chi connectivity index (χ2v) is 10.3. The molecule has 0 heterocycles. The molecule has 1 N–H and O–H groups in total. The first-order chi connectivity index (χ1) is 17.3. The van der Waals surface area contributed by atoms with E-state index < -0.39 is 28.5 Å². The van der Waals surface area contributed by atoms with Crippen molar-refractivity contribution in [2.45, 2.75) is 44.2 Å². The van der Waals surface area contributed by atoms with Crippen LogP contribution in [0.2, 0.25) is 0 Å². The molecule has 2 amide bonds. The van der Waals surface area contributed by atoms with Gasteiger partial charge in [0, 0.05) is 13.6 Å². The Labute approximate surface area is 213 Å². The molecule has 3 aromatic rings. The molecule has 0 radical (unpaired) electrons. The summed E-state index contributed by atoms with van der Waals surface area (Å²) in [6.07, 6.45) is 1.19. The topological polar surface area (TPSA) is 86.8 Å². The highest BCUT2D eigenvalue weighted by molar-refractivity contribution is 7.92. The first-order valence-corrected chi connectivity index (χ1v) is 13.5. The Hall–Kier alpha value is -3.65. The molecule has 0 aliphatic carbocycles. The molecule has 0 saturated carbocycles. The van der Waals surface area contributed by atoms with Crippen LogP contribution >= 0.6 is 0 Å². The summed E-state index contributed by atoms with van der Waals surface area (Å²) in [5.41, 5.74) is 2.29. The molecule has 0 saturated heterocycles. The molecule has 1 atom stereocenters. The summed E-state index contributed by atoms with van der Waals surface area (Å²) in [5, 5.41) is 2.63. The normalized spacial score (nSPS) is 12.0. The second-order valence-electron chi connectivity index (χ2n) is 8.39. The van der Waals surface area contributed by atoms with Crippen LogP contribution in [0.4, 0.5) is 5.69 Å². The fourth-order valence-corrected chi connectivity index (χ4v) is 5.45. The first kappa shape index (κ1) is 26.9. The van der Waals surface area contributed by atoms with Gasteiger partial charge in [-0.05, 0) is 48.2 Å². The highest BCUT2D eigenvalue weighted by Crippen LogP contribution is 2.25. The molecule has 0 spiro atoms. The van der Waals surface area contributed by atoms with Gasteiger partial charge in [0.1, 0.15) is 12.6 Å². The number of hydrogen-bond donors (Lipinski definition) is 1. The van der Waals surface area contributed by atoms with Gasteiger partial charge >= 0.3 is 0 Å². The fraction of sp³-hybridized carbons (Fsp3) is 0.286. The number of carbonyl (C=O) groups excluding carboxylic acids is 2. The van der Waals surface area contributed by atoms with E-state index in [1.54, 1.807) is 30.3 Å². The summed E-state index contributed by atoms with van der Waals surface area (Å²) in [6.45, 7) is 3.58. The van der Waals surface area contributed by atoms with Crippen LogP contribution in [0.3, 0.4) is 0 Å². The maximum absolute atomic E-state index is 13.8. The third kappa shape index (κ3) is 6.31. The predicted octanol–water partition coefficient (Wildman–Crippen LogP) is 4.00. The van der Waals surface area contributed by atoms with Crippen molar-refractivity contribution >= 4 is 27.5 Å². The van der Waals surface area contributed by atoms with Crippen LogP contribution in [0.5, 0.6) is 0 Å². The van der Waals surface area contributed by atoms with Crippen LogP contribution in [0, 0.1) is 0 Å². The molecule has 7 nitrogen and oxygen atoms in total. The number of anilines is 1. The lowest BCUT2D eigenvalue weighted by atomic mass is 10.1. The van der Waals surface area contributed by atoms with Crippen molar-refractivity contribution in [2.24, 2.45) is 0 Å². The van der Waals surface area contributed by atoms with Gasteiger partial charge in [0.2, 0.25) is 11.8 Å². The van der Waals surface area contributed by atoms with Gasteiger partial charge in [0.25, 0.3) is 10.0 Å². The van der Waals surface area contributed by atoms with E-state index in [1.165, 1.54) is 24.1 Å². The minimum absolute atomic E-state index is 0.0883. The van der Waals surface area contributed by atoms with Crippen LogP contribution < -0.4 is 9.62 Å². The van der Waals surface area contributed by atoms with Crippen LogP contribution in [0.1, 0.15) is 31.4 Å². The zero-order valence-corrected chi connectivity index (χ0v) is 21.7. The maximum atomic E-state index is 13.8. The van der Waals surface area contributed by atoms with Gasteiger partial charge in [0.15, 0.2) is 0 Å². The highest BCUT2D eigenvalue weighted by Gasteiger charge is 2.33. The Morgan fingerprint density at radius 3 is 1.94 bits per heavy atom. The number of benzene rings is 3. The van der Waals surface area contributed by atoms with Gasteiger partial charge in [-0.25, -0.2) is 8.42 Å². The summed E-state index contributed by atoms with van der Waals surface area (Å²) in [7, 11) is -2.52. The van der Waals surface area contributed by atoms with Crippen molar-refractivity contribution in [1.82, 2.24) is 10.2 Å². The van der Waals surface area contributed by atoms with Crippen molar-refractivity contribution in [2.75, 3.05) is 17.9 Å². The lowest BCUT2D eigenvalue weighted by molar-refractivity contribution is -0.140. The number of carbonyl (C=O) groups is 2. The van der Waals surface area contributed by atoms with Crippen molar-refractivity contribution in [3.8, 4) is 0 Å². The molecule has 36 heavy (non-hydrogen) atoms. The van der Waals surface area contributed by atoms with E-state index in [-0.39, 0.29) is 17.3 Å². The number of hydrogen-bond acceptors (Lipinski definition) is 4. The van der Waals surface area contributed by atoms with E-state index >= 15 is 0 Å². The summed E-state index contributed by atoms with van der Waals surface area (Å²) < 4.78 is 28.5. The van der Waals surface area contributed by atoms with Gasteiger partial charge in [-0.15, -0.1) is 0 Å². The minimum atomic E-state index is -4.05. The van der Waals surface area contributed by atoms with E-state index in [2.05, 4.69) is 5.32 Å². The molecular formula is C28H33N3O4S. The van der Waals surface area contributed by atoms with Crippen molar-refractivity contribution < 1.29 is 18.0 Å². The van der Waals surface area contributed by atoms with Gasteiger partial charge in [-0.2, -0.15) is 0 Å². The maximum Gasteiger partial charge on any atom is 0.264 e. The molecular weight excluding hydrogens is 474 g/mol. The summed E-state index contributed by atoms with van der Waals surface area (Å²) >= 11 is 0. The molecule has 0 aromatic heterocycles. The molecule has 8 heteroatoms. The van der Waals surface area contributed by atoms with Crippen LogP contribution in [-0.4, -0.2) is 44.8 Å². The number of nitrogens with one attached hydrogen (secondary N) is 1. The minimum Gasteiger partial charge on any atom is -0.357 e. The molecule has 0 aliphatic heterocycles. The smallest absolute Gasteiger partial charge is 0.264 e. The Morgan fingerprint density at radius 2 is 1.42 bits per heavy atom. The molecule has 3 aromatic carbocycles. The van der Waals surface area contributed by atoms with E-state index in [1.807, 2.05) is 56.3 Å². The number of sulfonamides is 1. The van der Waals surface area contributed by atoms with E-state index in [9.17, 15) is 18.0 Å². The van der Waals surface area contributed by atoms with E-state index in [0.29, 0.717) is 12.1 Å². The molecule has 0 fully saturated rings. The van der Waals surface area contributed by atoms with Gasteiger partial charge < -0.3 is 10.2 Å². The Kier molecular flexibility index (Phi) is 9.25. The number of amides is 2. The van der Waals surface area contributed by atoms with Gasteiger partial charge in [-0.1, -0.05) is 74.5 Å². The van der Waals surface area contributed by atoms with Crippen molar-refractivity contribution in [1.29, 1.82) is 0 Å². The van der Waals surface area contributed by atoms with E-state index in [0.717, 1.165) is 21.9 Å². The summed E-state index contributed by atoms with van der Waals surface area (Å²) in [6, 6.07) is 23.8. The average molecular weight is 508 g/mol. The van der Waals surface area contributed by atoms with Crippen LogP contribution in [-0.2, 0) is 32.6 Å².